The number of hydrogen-bond donors (Lipinski definition) is 3. The molecule has 8 heteroatoms. The van der Waals surface area contributed by atoms with E-state index in [9.17, 15) is 14.4 Å². The van der Waals surface area contributed by atoms with E-state index in [1.54, 1.807) is 42.5 Å². The van der Waals surface area contributed by atoms with Crippen molar-refractivity contribution in [2.24, 2.45) is 5.73 Å². The van der Waals surface area contributed by atoms with Crippen LogP contribution >= 0.6 is 0 Å². The highest BCUT2D eigenvalue weighted by molar-refractivity contribution is 6.00. The van der Waals surface area contributed by atoms with Crippen LogP contribution in [0.15, 0.2) is 48.5 Å². The summed E-state index contributed by atoms with van der Waals surface area (Å²) in [6.45, 7) is -0.135. The molecule has 0 atom stereocenters. The lowest BCUT2D eigenvalue weighted by Crippen LogP contribution is -2.35. The quantitative estimate of drug-likeness (QED) is 0.733. The van der Waals surface area contributed by atoms with Crippen LogP contribution in [0.4, 0.5) is 16.2 Å². The number of benzene rings is 2. The minimum Gasteiger partial charge on any atom is -0.497 e. The van der Waals surface area contributed by atoms with Gasteiger partial charge in [0.2, 0.25) is 5.91 Å². The predicted octanol–water partition coefficient (Wildman–Crippen LogP) is 1.90. The van der Waals surface area contributed by atoms with E-state index in [1.165, 1.54) is 25.1 Å². The molecule has 0 aliphatic heterocycles. The number of amides is 4. The van der Waals surface area contributed by atoms with Crippen molar-refractivity contribution >= 4 is 29.2 Å². The Bertz CT molecular complexity index is 822. The molecular formula is C18H20N4O4. The Labute approximate surface area is 150 Å². The molecular weight excluding hydrogens is 336 g/mol. The third-order valence-corrected chi connectivity index (χ3v) is 3.46. The minimum atomic E-state index is -0.722. The molecule has 8 nitrogen and oxygen atoms in total. The van der Waals surface area contributed by atoms with Crippen LogP contribution in [0.3, 0.4) is 0 Å². The van der Waals surface area contributed by atoms with Gasteiger partial charge in [-0.15, -0.1) is 0 Å². The molecule has 0 saturated carbocycles. The topological polar surface area (TPSA) is 114 Å². The molecule has 0 radical (unpaired) electrons. The van der Waals surface area contributed by atoms with Crippen molar-refractivity contribution in [3.63, 3.8) is 0 Å². The number of methoxy groups -OCH3 is 1. The Balaban J connectivity index is 1.99. The number of nitrogens with zero attached hydrogens (tertiary/aromatic N) is 1. The maximum absolute atomic E-state index is 12.5. The summed E-state index contributed by atoms with van der Waals surface area (Å²) in [4.78, 5) is 36.8. The van der Waals surface area contributed by atoms with Gasteiger partial charge in [-0.1, -0.05) is 12.1 Å². The first-order valence-corrected chi connectivity index (χ1v) is 7.75. The molecule has 0 spiro atoms. The van der Waals surface area contributed by atoms with Gasteiger partial charge in [-0.3, -0.25) is 9.59 Å². The molecule has 0 heterocycles. The summed E-state index contributed by atoms with van der Waals surface area (Å²) in [5.74, 6) is -0.0922. The number of likely N-dealkylation sites (N-methyl/N-ethyl adjacent to an activating group) is 1. The number of nitrogens with two attached hydrogens (primary N) is 1. The molecule has 26 heavy (non-hydrogen) atoms. The van der Waals surface area contributed by atoms with Crippen LogP contribution < -0.4 is 21.1 Å². The van der Waals surface area contributed by atoms with Gasteiger partial charge in [0.05, 0.1) is 13.7 Å². The number of anilines is 2. The third kappa shape index (κ3) is 5.23. The van der Waals surface area contributed by atoms with E-state index in [0.29, 0.717) is 22.7 Å². The van der Waals surface area contributed by atoms with Crippen LogP contribution in [0.5, 0.6) is 5.75 Å². The number of urea groups is 1. The molecule has 0 fully saturated rings. The molecule has 2 aromatic carbocycles. The summed E-state index contributed by atoms with van der Waals surface area (Å²) in [5, 5.41) is 5.11. The molecule has 2 aromatic rings. The molecule has 0 aliphatic carbocycles. The van der Waals surface area contributed by atoms with Crippen molar-refractivity contribution in [1.29, 1.82) is 0 Å². The lowest BCUT2D eigenvalue weighted by molar-refractivity contribution is -0.116. The standard InChI is InChI=1S/C18H20N4O4/c1-22(11-16(23)20-14-7-4-8-15(10-14)26-2)17(24)12-5-3-6-13(9-12)21-18(19)25/h3-10H,11H2,1-2H3,(H,20,23)(H3,19,21,25). The van der Waals surface area contributed by atoms with Gasteiger partial charge < -0.3 is 26.0 Å². The SMILES string of the molecule is COc1cccc(NC(=O)CN(C)C(=O)c2cccc(NC(N)=O)c2)c1. The number of nitrogens with one attached hydrogen (secondary N) is 2. The molecule has 4 N–H and O–H groups in total. The lowest BCUT2D eigenvalue weighted by atomic mass is 10.1. The average Bonchev–Trinajstić information content (AvgIpc) is 2.60. The van der Waals surface area contributed by atoms with Gasteiger partial charge in [-0.25, -0.2) is 4.79 Å². The summed E-state index contributed by atoms with van der Waals surface area (Å²) in [7, 11) is 3.05. The molecule has 0 bridgehead atoms. The Kier molecular flexibility index (Phi) is 6.15. The second-order valence-corrected chi connectivity index (χ2v) is 5.51. The van der Waals surface area contributed by atoms with E-state index < -0.39 is 6.03 Å². The maximum Gasteiger partial charge on any atom is 0.316 e. The van der Waals surface area contributed by atoms with E-state index in [1.807, 2.05) is 0 Å². The fraction of sp³-hybridized carbons (Fsp3) is 0.167. The van der Waals surface area contributed by atoms with Crippen LogP contribution in [-0.4, -0.2) is 43.4 Å². The monoisotopic (exact) mass is 356 g/mol. The molecule has 0 aromatic heterocycles. The zero-order valence-corrected chi connectivity index (χ0v) is 14.5. The van der Waals surface area contributed by atoms with Gasteiger partial charge in [0.15, 0.2) is 0 Å². The molecule has 4 amide bonds. The zero-order valence-electron chi connectivity index (χ0n) is 14.5. The first-order valence-electron chi connectivity index (χ1n) is 7.75. The van der Waals surface area contributed by atoms with Gasteiger partial charge in [0.1, 0.15) is 5.75 Å². The Morgan fingerprint density at radius 3 is 2.35 bits per heavy atom. The fourth-order valence-electron chi connectivity index (χ4n) is 2.28. The predicted molar refractivity (Wildman–Crippen MR) is 98.2 cm³/mol. The maximum atomic E-state index is 12.5. The lowest BCUT2D eigenvalue weighted by Gasteiger charge is -2.17. The van der Waals surface area contributed by atoms with Gasteiger partial charge in [-0.05, 0) is 30.3 Å². The van der Waals surface area contributed by atoms with Crippen LogP contribution in [-0.2, 0) is 4.79 Å². The second kappa shape index (κ2) is 8.52. The van der Waals surface area contributed by atoms with Gasteiger partial charge in [-0.2, -0.15) is 0 Å². The van der Waals surface area contributed by atoms with Crippen molar-refractivity contribution in [2.75, 3.05) is 31.3 Å². The van der Waals surface area contributed by atoms with Crippen molar-refractivity contribution in [2.45, 2.75) is 0 Å². The summed E-state index contributed by atoms with van der Waals surface area (Å²) in [6, 6.07) is 12.5. The van der Waals surface area contributed by atoms with Crippen molar-refractivity contribution in [1.82, 2.24) is 4.90 Å². The zero-order chi connectivity index (χ0) is 19.1. The molecule has 0 aliphatic rings. The molecule has 0 unspecified atom stereocenters. The average molecular weight is 356 g/mol. The Hall–Kier alpha value is -3.55. The first-order chi connectivity index (χ1) is 12.4. The summed E-state index contributed by atoms with van der Waals surface area (Å²) in [5.41, 5.74) is 6.36. The van der Waals surface area contributed by atoms with Crippen molar-refractivity contribution in [3.8, 4) is 5.75 Å². The van der Waals surface area contributed by atoms with Gasteiger partial charge >= 0.3 is 6.03 Å². The third-order valence-electron chi connectivity index (χ3n) is 3.46. The summed E-state index contributed by atoms with van der Waals surface area (Å²) >= 11 is 0. The highest BCUT2D eigenvalue weighted by Crippen LogP contribution is 2.17. The minimum absolute atomic E-state index is 0.135. The number of carbonyl (C=O) groups excluding carboxylic acids is 3. The van der Waals surface area contributed by atoms with Crippen LogP contribution in [0, 0.1) is 0 Å². The Morgan fingerprint density at radius 2 is 1.69 bits per heavy atom. The van der Waals surface area contributed by atoms with Crippen molar-refractivity contribution in [3.05, 3.63) is 54.1 Å². The number of primary amides is 1. The Morgan fingerprint density at radius 1 is 1.04 bits per heavy atom. The normalized spacial score (nSPS) is 9.92. The number of rotatable bonds is 6. The molecule has 0 saturated heterocycles. The van der Waals surface area contributed by atoms with E-state index >= 15 is 0 Å². The summed E-state index contributed by atoms with van der Waals surface area (Å²) < 4.78 is 5.10. The van der Waals surface area contributed by atoms with E-state index in [4.69, 9.17) is 10.5 Å². The highest BCUT2D eigenvalue weighted by Gasteiger charge is 2.16. The smallest absolute Gasteiger partial charge is 0.316 e. The van der Waals surface area contributed by atoms with Gasteiger partial charge in [0.25, 0.3) is 5.91 Å². The van der Waals surface area contributed by atoms with Crippen LogP contribution in [0.2, 0.25) is 0 Å². The number of hydrogen-bond acceptors (Lipinski definition) is 4. The highest BCUT2D eigenvalue weighted by atomic mass is 16.5. The molecule has 136 valence electrons. The van der Waals surface area contributed by atoms with E-state index in [0.717, 1.165) is 0 Å². The molecule has 2 rings (SSSR count). The summed E-state index contributed by atoms with van der Waals surface area (Å²) in [6.07, 6.45) is 0. The van der Waals surface area contributed by atoms with Crippen molar-refractivity contribution < 1.29 is 19.1 Å². The number of carbonyl (C=O) groups is 3. The first kappa shape index (κ1) is 18.8. The largest absolute Gasteiger partial charge is 0.497 e. The van der Waals surface area contributed by atoms with Crippen LogP contribution in [0.25, 0.3) is 0 Å². The van der Waals surface area contributed by atoms with Gasteiger partial charge in [0, 0.05) is 30.1 Å². The van der Waals surface area contributed by atoms with E-state index in [-0.39, 0.29) is 18.4 Å². The van der Waals surface area contributed by atoms with Crippen LogP contribution in [0.1, 0.15) is 10.4 Å². The number of ether oxygens (including phenoxy) is 1. The second-order valence-electron chi connectivity index (χ2n) is 5.51. The van der Waals surface area contributed by atoms with E-state index in [2.05, 4.69) is 10.6 Å². The fourth-order valence-corrected chi connectivity index (χ4v) is 2.28.